The smallest absolute Gasteiger partial charge is 0.114 e. The average Bonchev–Trinajstić information content (AvgIpc) is 2.32. The maximum absolute atomic E-state index is 13.3. The first kappa shape index (κ1) is 14.3. The average molecular weight is 422 g/mol. The van der Waals surface area contributed by atoms with Crippen molar-refractivity contribution in [2.45, 2.75) is 19.3 Å². The summed E-state index contributed by atoms with van der Waals surface area (Å²) < 4.78 is 51.8. The second kappa shape index (κ2) is 5.74. The third-order valence-corrected chi connectivity index (χ3v) is 2.45. The normalized spacial score (nSPS) is 15.2. The van der Waals surface area contributed by atoms with Crippen LogP contribution in [0, 0.1) is 29.3 Å². The van der Waals surface area contributed by atoms with Crippen molar-refractivity contribution in [2.24, 2.45) is 4.99 Å². The van der Waals surface area contributed by atoms with Crippen LogP contribution in [0.15, 0.2) is 4.99 Å². The van der Waals surface area contributed by atoms with Crippen LogP contribution in [0.25, 0.3) is 0 Å². The zero-order valence-corrected chi connectivity index (χ0v) is 11.0. The molecule has 0 amide bonds. The third-order valence-electron chi connectivity index (χ3n) is 2.45. The first-order chi connectivity index (χ1) is 7.61. The van der Waals surface area contributed by atoms with Crippen LogP contribution in [-0.2, 0) is 20.1 Å². The SMILES string of the molecule is Fc1[c-]c(C2=NCCCC2)c(F)c(F)c1F.[Ir]. The number of aliphatic imine (C=N–C) groups is 1. The van der Waals surface area contributed by atoms with E-state index in [1.807, 2.05) is 6.07 Å². The van der Waals surface area contributed by atoms with Crippen molar-refractivity contribution in [2.75, 3.05) is 6.54 Å². The topological polar surface area (TPSA) is 12.4 Å². The summed E-state index contributed by atoms with van der Waals surface area (Å²) in [5, 5.41) is 0. The molecule has 2 rings (SSSR count). The summed E-state index contributed by atoms with van der Waals surface area (Å²) in [5.41, 5.74) is -0.141. The number of rotatable bonds is 1. The first-order valence-corrected chi connectivity index (χ1v) is 4.90. The Labute approximate surface area is 109 Å². The summed E-state index contributed by atoms with van der Waals surface area (Å²) in [5.74, 6) is -6.57. The van der Waals surface area contributed by atoms with Gasteiger partial charge in [-0.3, -0.25) is 8.78 Å². The summed E-state index contributed by atoms with van der Waals surface area (Å²) >= 11 is 0. The molecule has 6 heteroatoms. The number of nitrogens with zero attached hydrogens (tertiary/aromatic N) is 1. The van der Waals surface area contributed by atoms with Crippen LogP contribution in [0.3, 0.4) is 0 Å². The van der Waals surface area contributed by atoms with E-state index in [-0.39, 0.29) is 25.8 Å². The molecule has 1 nitrogen and oxygen atoms in total. The Balaban J connectivity index is 0.00000144. The Morgan fingerprint density at radius 2 is 1.65 bits per heavy atom. The van der Waals surface area contributed by atoms with Gasteiger partial charge < -0.3 is 4.99 Å². The van der Waals surface area contributed by atoms with Crippen molar-refractivity contribution >= 4 is 5.71 Å². The van der Waals surface area contributed by atoms with E-state index in [9.17, 15) is 17.6 Å². The quantitative estimate of drug-likeness (QED) is 0.286. The van der Waals surface area contributed by atoms with E-state index in [2.05, 4.69) is 4.99 Å². The van der Waals surface area contributed by atoms with Crippen LogP contribution >= 0.6 is 0 Å². The van der Waals surface area contributed by atoms with Gasteiger partial charge in [-0.05, 0) is 18.6 Å². The molecule has 1 aliphatic heterocycles. The van der Waals surface area contributed by atoms with Gasteiger partial charge in [0.1, 0.15) is 11.6 Å². The molecule has 0 saturated carbocycles. The molecule has 0 fully saturated rings. The number of halogens is 4. The van der Waals surface area contributed by atoms with E-state index in [1.165, 1.54) is 0 Å². The predicted octanol–water partition coefficient (Wildman–Crippen LogP) is 3.01. The third kappa shape index (κ3) is 2.75. The summed E-state index contributed by atoms with van der Waals surface area (Å²) in [6, 6.07) is 1.87. The summed E-state index contributed by atoms with van der Waals surface area (Å²) in [6.07, 6.45) is 2.06. The number of hydrogen-bond donors (Lipinski definition) is 0. The maximum atomic E-state index is 13.3. The van der Waals surface area contributed by atoms with Crippen molar-refractivity contribution in [3.05, 3.63) is 34.9 Å². The largest absolute Gasteiger partial charge is 0.337 e. The molecule has 0 aromatic heterocycles. The second-order valence-electron chi connectivity index (χ2n) is 3.54. The van der Waals surface area contributed by atoms with Crippen LogP contribution in [0.4, 0.5) is 17.6 Å². The van der Waals surface area contributed by atoms with Gasteiger partial charge in [0, 0.05) is 26.7 Å². The molecule has 0 spiro atoms. The van der Waals surface area contributed by atoms with E-state index in [1.54, 1.807) is 0 Å². The fourth-order valence-electron chi connectivity index (χ4n) is 1.62. The van der Waals surface area contributed by atoms with Gasteiger partial charge in [0.25, 0.3) is 0 Å². The molecule has 1 aromatic rings. The zero-order valence-electron chi connectivity index (χ0n) is 8.62. The van der Waals surface area contributed by atoms with Gasteiger partial charge in [-0.15, -0.1) is 0 Å². The molecular weight excluding hydrogens is 414 g/mol. The molecule has 95 valence electrons. The first-order valence-electron chi connectivity index (χ1n) is 4.90. The van der Waals surface area contributed by atoms with Crippen molar-refractivity contribution < 1.29 is 37.7 Å². The van der Waals surface area contributed by atoms with E-state index < -0.39 is 28.8 Å². The number of benzene rings is 1. The predicted molar refractivity (Wildman–Crippen MR) is 50.4 cm³/mol. The van der Waals surface area contributed by atoms with Gasteiger partial charge in [-0.25, -0.2) is 8.78 Å². The molecule has 0 aliphatic carbocycles. The zero-order chi connectivity index (χ0) is 11.7. The van der Waals surface area contributed by atoms with Crippen molar-refractivity contribution in [1.82, 2.24) is 0 Å². The van der Waals surface area contributed by atoms with E-state index in [4.69, 9.17) is 0 Å². The standard InChI is InChI=1S/C11H8F4N.Ir/c12-7-5-6(8-3-1-2-4-16-8)9(13)11(15)10(7)14;/h1-4H2;/q-1;. The van der Waals surface area contributed by atoms with Crippen LogP contribution in [0.5, 0.6) is 0 Å². The Kier molecular flexibility index (Phi) is 4.83. The van der Waals surface area contributed by atoms with Crippen LogP contribution in [0.1, 0.15) is 24.8 Å². The minimum absolute atomic E-state index is 0. The summed E-state index contributed by atoms with van der Waals surface area (Å²) in [4.78, 5) is 3.96. The summed E-state index contributed by atoms with van der Waals surface area (Å²) in [6.45, 7) is 0.489. The Morgan fingerprint density at radius 3 is 2.24 bits per heavy atom. The van der Waals surface area contributed by atoms with Crippen LogP contribution < -0.4 is 0 Å². The molecule has 1 aliphatic rings. The Hall–Kier alpha value is -0.741. The van der Waals surface area contributed by atoms with E-state index in [0.717, 1.165) is 12.8 Å². The minimum atomic E-state index is -1.84. The van der Waals surface area contributed by atoms with Gasteiger partial charge in [0.05, 0.1) is 11.6 Å². The fourth-order valence-corrected chi connectivity index (χ4v) is 1.62. The molecule has 0 atom stereocenters. The van der Waals surface area contributed by atoms with Gasteiger partial charge >= 0.3 is 0 Å². The van der Waals surface area contributed by atoms with Crippen molar-refractivity contribution in [3.8, 4) is 0 Å². The molecule has 1 radical (unpaired) electrons. The van der Waals surface area contributed by atoms with Crippen molar-refractivity contribution in [3.63, 3.8) is 0 Å². The maximum Gasteiger partial charge on any atom is 0.114 e. The monoisotopic (exact) mass is 423 g/mol. The second-order valence-corrected chi connectivity index (χ2v) is 3.54. The van der Waals surface area contributed by atoms with Crippen molar-refractivity contribution in [1.29, 1.82) is 0 Å². The molecule has 0 bridgehead atoms. The fraction of sp³-hybridized carbons (Fsp3) is 0.364. The summed E-state index contributed by atoms with van der Waals surface area (Å²) in [7, 11) is 0. The Morgan fingerprint density at radius 1 is 0.941 bits per heavy atom. The molecular formula is C11H8F4IrN-. The minimum Gasteiger partial charge on any atom is -0.337 e. The molecule has 0 unspecified atom stereocenters. The molecule has 0 N–H and O–H groups in total. The van der Waals surface area contributed by atoms with Crippen LogP contribution in [-0.4, -0.2) is 12.3 Å². The molecule has 17 heavy (non-hydrogen) atoms. The molecule has 1 aromatic carbocycles. The van der Waals surface area contributed by atoms with Crippen LogP contribution in [0.2, 0.25) is 0 Å². The van der Waals surface area contributed by atoms with E-state index >= 15 is 0 Å². The van der Waals surface area contributed by atoms with Gasteiger partial charge in [0.2, 0.25) is 0 Å². The van der Waals surface area contributed by atoms with Gasteiger partial charge in [0.15, 0.2) is 0 Å². The van der Waals surface area contributed by atoms with Gasteiger partial charge in [-0.1, -0.05) is 18.1 Å². The molecule has 1 heterocycles. The van der Waals surface area contributed by atoms with Gasteiger partial charge in [-0.2, -0.15) is 0 Å². The van der Waals surface area contributed by atoms with E-state index in [0.29, 0.717) is 13.0 Å². The molecule has 0 saturated heterocycles. The number of hydrogen-bond acceptors (Lipinski definition) is 1. The Bertz CT molecular complexity index is 459.